The molecule has 0 aromatic carbocycles. The van der Waals surface area contributed by atoms with Crippen LogP contribution >= 0.6 is 27.3 Å². The predicted molar refractivity (Wildman–Crippen MR) is 53.8 cm³/mol. The van der Waals surface area contributed by atoms with Crippen molar-refractivity contribution in [3.8, 4) is 0 Å². The summed E-state index contributed by atoms with van der Waals surface area (Å²) >= 11 is 4.69. The van der Waals surface area contributed by atoms with Crippen molar-refractivity contribution in [2.45, 2.75) is 19.1 Å². The highest BCUT2D eigenvalue weighted by Gasteiger charge is 2.17. The molecule has 1 aromatic heterocycles. The fourth-order valence-corrected chi connectivity index (χ4v) is 2.01. The summed E-state index contributed by atoms with van der Waals surface area (Å²) in [5.41, 5.74) is 0.796. The largest absolute Gasteiger partial charge is 0.389 e. The minimum absolute atomic E-state index is 0.392. The summed E-state index contributed by atoms with van der Waals surface area (Å²) < 4.78 is 0. The van der Waals surface area contributed by atoms with Crippen LogP contribution in [0, 0.1) is 6.92 Å². The molecule has 0 aliphatic carbocycles. The molecule has 0 spiro atoms. The fourth-order valence-electron chi connectivity index (χ4n) is 0.925. The van der Waals surface area contributed by atoms with Crippen molar-refractivity contribution in [2.75, 3.05) is 5.33 Å². The van der Waals surface area contributed by atoms with E-state index in [1.54, 1.807) is 11.3 Å². The number of halogens is 1. The lowest BCUT2D eigenvalue weighted by atomic mass is 10.1. The molecule has 1 heterocycles. The van der Waals surface area contributed by atoms with E-state index >= 15 is 0 Å². The SMILES string of the molecule is Cc1cc(C(O)C(O)CBr)cs1. The third-order valence-corrected chi connectivity index (χ3v) is 3.16. The Balaban J connectivity index is 2.70. The summed E-state index contributed by atoms with van der Waals surface area (Å²) in [5, 5.41) is 21.1. The quantitative estimate of drug-likeness (QED) is 0.805. The molecule has 0 saturated heterocycles. The third-order valence-electron chi connectivity index (χ3n) is 1.61. The number of aliphatic hydroxyl groups is 2. The van der Waals surface area contributed by atoms with Crippen molar-refractivity contribution in [3.63, 3.8) is 0 Å². The average molecular weight is 251 g/mol. The van der Waals surface area contributed by atoms with Gasteiger partial charge in [0.15, 0.2) is 0 Å². The van der Waals surface area contributed by atoms with E-state index in [-0.39, 0.29) is 0 Å². The zero-order chi connectivity index (χ0) is 9.14. The van der Waals surface area contributed by atoms with Gasteiger partial charge in [-0.3, -0.25) is 0 Å². The van der Waals surface area contributed by atoms with E-state index in [0.29, 0.717) is 5.33 Å². The molecule has 4 heteroatoms. The number of aryl methyl sites for hydroxylation is 1. The molecule has 1 aromatic rings. The van der Waals surface area contributed by atoms with Crippen LogP contribution in [0.25, 0.3) is 0 Å². The van der Waals surface area contributed by atoms with Crippen LogP contribution in [0.1, 0.15) is 16.5 Å². The van der Waals surface area contributed by atoms with Gasteiger partial charge in [0, 0.05) is 10.2 Å². The lowest BCUT2D eigenvalue weighted by Gasteiger charge is -2.13. The van der Waals surface area contributed by atoms with Gasteiger partial charge in [-0.2, -0.15) is 0 Å². The maximum Gasteiger partial charge on any atom is 0.106 e. The molecule has 0 fully saturated rings. The summed E-state index contributed by atoms with van der Waals surface area (Å²) in [6.45, 7) is 1.97. The van der Waals surface area contributed by atoms with Crippen LogP contribution in [0.2, 0.25) is 0 Å². The molecule has 2 atom stereocenters. The summed E-state index contributed by atoms with van der Waals surface area (Å²) in [7, 11) is 0. The van der Waals surface area contributed by atoms with Crippen LogP contribution in [0.3, 0.4) is 0 Å². The molecule has 68 valence electrons. The number of aliphatic hydroxyl groups excluding tert-OH is 2. The molecule has 1 rings (SSSR count). The van der Waals surface area contributed by atoms with Crippen LogP contribution in [-0.2, 0) is 0 Å². The second-order valence-corrected chi connectivity index (χ2v) is 4.42. The van der Waals surface area contributed by atoms with E-state index in [2.05, 4.69) is 15.9 Å². The Morgan fingerprint density at radius 1 is 1.58 bits per heavy atom. The number of alkyl halides is 1. The zero-order valence-electron chi connectivity index (χ0n) is 6.70. The number of rotatable bonds is 3. The summed E-state index contributed by atoms with van der Waals surface area (Å²) in [6, 6.07) is 1.89. The van der Waals surface area contributed by atoms with Gasteiger partial charge in [0.1, 0.15) is 6.10 Å². The second kappa shape index (κ2) is 4.37. The highest BCUT2D eigenvalue weighted by atomic mass is 79.9. The second-order valence-electron chi connectivity index (χ2n) is 2.66. The molecule has 0 aliphatic rings. The minimum atomic E-state index is -0.769. The summed E-state index contributed by atoms with van der Waals surface area (Å²) in [4.78, 5) is 1.14. The fraction of sp³-hybridized carbons (Fsp3) is 0.500. The molecule has 0 aliphatic heterocycles. The van der Waals surface area contributed by atoms with Crippen molar-refractivity contribution in [1.29, 1.82) is 0 Å². The van der Waals surface area contributed by atoms with E-state index in [1.807, 2.05) is 18.4 Å². The van der Waals surface area contributed by atoms with Gasteiger partial charge in [0.2, 0.25) is 0 Å². The monoisotopic (exact) mass is 250 g/mol. The number of hydrogen-bond acceptors (Lipinski definition) is 3. The molecular formula is C8H11BrO2S. The molecule has 2 N–H and O–H groups in total. The number of thiophene rings is 1. The van der Waals surface area contributed by atoms with E-state index in [9.17, 15) is 10.2 Å². The van der Waals surface area contributed by atoms with Gasteiger partial charge < -0.3 is 10.2 Å². The first-order chi connectivity index (χ1) is 5.65. The van der Waals surface area contributed by atoms with E-state index in [4.69, 9.17) is 0 Å². The Labute approximate surface area is 84.0 Å². The van der Waals surface area contributed by atoms with Crippen molar-refractivity contribution in [1.82, 2.24) is 0 Å². The maximum atomic E-state index is 9.53. The summed E-state index contributed by atoms with van der Waals surface area (Å²) in [6.07, 6.45) is -1.49. The zero-order valence-corrected chi connectivity index (χ0v) is 9.10. The van der Waals surface area contributed by atoms with Gasteiger partial charge in [-0.25, -0.2) is 0 Å². The van der Waals surface area contributed by atoms with Gasteiger partial charge in [0.05, 0.1) is 6.10 Å². The van der Waals surface area contributed by atoms with Gasteiger partial charge in [-0.15, -0.1) is 11.3 Å². The topological polar surface area (TPSA) is 40.5 Å². The van der Waals surface area contributed by atoms with E-state index in [1.165, 1.54) is 0 Å². The molecule has 0 amide bonds. The Hall–Kier alpha value is 0.100. The van der Waals surface area contributed by atoms with E-state index < -0.39 is 12.2 Å². The molecule has 2 nitrogen and oxygen atoms in total. The van der Waals surface area contributed by atoms with Crippen LogP contribution in [-0.4, -0.2) is 21.6 Å². The van der Waals surface area contributed by atoms with Crippen molar-refractivity contribution < 1.29 is 10.2 Å². The molecular weight excluding hydrogens is 240 g/mol. The van der Waals surface area contributed by atoms with Gasteiger partial charge in [-0.1, -0.05) is 15.9 Å². The molecule has 0 saturated carbocycles. The van der Waals surface area contributed by atoms with Crippen molar-refractivity contribution in [2.24, 2.45) is 0 Å². The molecule has 12 heavy (non-hydrogen) atoms. The maximum absolute atomic E-state index is 9.53. The normalized spacial score (nSPS) is 16.0. The first-order valence-electron chi connectivity index (χ1n) is 3.62. The van der Waals surface area contributed by atoms with Crippen molar-refractivity contribution >= 4 is 27.3 Å². The summed E-state index contributed by atoms with van der Waals surface area (Å²) in [5.74, 6) is 0. The highest BCUT2D eigenvalue weighted by molar-refractivity contribution is 9.09. The smallest absolute Gasteiger partial charge is 0.106 e. The van der Waals surface area contributed by atoms with Crippen LogP contribution < -0.4 is 0 Å². The van der Waals surface area contributed by atoms with Crippen LogP contribution in [0.4, 0.5) is 0 Å². The Morgan fingerprint density at radius 3 is 2.67 bits per heavy atom. The number of hydrogen-bond donors (Lipinski definition) is 2. The van der Waals surface area contributed by atoms with Gasteiger partial charge in [-0.05, 0) is 23.9 Å². The van der Waals surface area contributed by atoms with Gasteiger partial charge in [0.25, 0.3) is 0 Å². The van der Waals surface area contributed by atoms with Crippen LogP contribution in [0.15, 0.2) is 11.4 Å². The molecule has 0 radical (unpaired) electrons. The lowest BCUT2D eigenvalue weighted by molar-refractivity contribution is 0.0345. The van der Waals surface area contributed by atoms with Gasteiger partial charge >= 0.3 is 0 Å². The standard InChI is InChI=1S/C8H11BrO2S/c1-5-2-6(4-12-5)8(11)7(10)3-9/h2,4,7-8,10-11H,3H2,1H3. The first-order valence-corrected chi connectivity index (χ1v) is 5.62. The third kappa shape index (κ3) is 2.29. The van der Waals surface area contributed by atoms with E-state index in [0.717, 1.165) is 10.4 Å². The van der Waals surface area contributed by atoms with Crippen molar-refractivity contribution in [3.05, 3.63) is 21.9 Å². The Bertz CT molecular complexity index is 249. The minimum Gasteiger partial charge on any atom is -0.389 e. The Morgan fingerprint density at radius 2 is 2.25 bits per heavy atom. The molecule has 0 bridgehead atoms. The predicted octanol–water partition coefficient (Wildman–Crippen LogP) is 1.85. The Kier molecular flexibility index (Phi) is 3.71. The lowest BCUT2D eigenvalue weighted by Crippen LogP contribution is -2.18. The highest BCUT2D eigenvalue weighted by Crippen LogP contribution is 2.23. The average Bonchev–Trinajstić information content (AvgIpc) is 2.49. The van der Waals surface area contributed by atoms with Crippen LogP contribution in [0.5, 0.6) is 0 Å². The molecule has 2 unspecified atom stereocenters. The first kappa shape index (κ1) is 10.2.